The van der Waals surface area contributed by atoms with E-state index < -0.39 is 17.8 Å². The molecular weight excluding hydrogens is 272 g/mol. The SMILES string of the molecule is COc1cc(C)c(C(=O)C2CCCC2C(=O)O)cc1OC. The van der Waals surface area contributed by atoms with E-state index >= 15 is 0 Å². The lowest BCUT2D eigenvalue weighted by Gasteiger charge is -2.17. The molecular formula is C16H20O5. The Morgan fingerprint density at radius 3 is 2.24 bits per heavy atom. The van der Waals surface area contributed by atoms with Gasteiger partial charge in [0.1, 0.15) is 0 Å². The molecule has 1 N–H and O–H groups in total. The largest absolute Gasteiger partial charge is 0.493 e. The van der Waals surface area contributed by atoms with Crippen molar-refractivity contribution >= 4 is 11.8 Å². The summed E-state index contributed by atoms with van der Waals surface area (Å²) in [6, 6.07) is 3.39. The number of hydrogen-bond donors (Lipinski definition) is 1. The van der Waals surface area contributed by atoms with E-state index in [2.05, 4.69) is 0 Å². The van der Waals surface area contributed by atoms with Gasteiger partial charge in [0.25, 0.3) is 0 Å². The van der Waals surface area contributed by atoms with Crippen LogP contribution in [0.1, 0.15) is 35.2 Å². The summed E-state index contributed by atoms with van der Waals surface area (Å²) in [7, 11) is 3.05. The van der Waals surface area contributed by atoms with Gasteiger partial charge < -0.3 is 14.6 Å². The maximum atomic E-state index is 12.7. The molecule has 0 aromatic heterocycles. The summed E-state index contributed by atoms with van der Waals surface area (Å²) in [5.74, 6) is -0.976. The molecule has 2 rings (SSSR count). The Morgan fingerprint density at radius 2 is 1.67 bits per heavy atom. The van der Waals surface area contributed by atoms with Crippen molar-refractivity contribution in [2.24, 2.45) is 11.8 Å². The molecule has 1 fully saturated rings. The van der Waals surface area contributed by atoms with Gasteiger partial charge in [0.2, 0.25) is 0 Å². The molecule has 1 saturated carbocycles. The fourth-order valence-corrected chi connectivity index (χ4v) is 3.02. The predicted octanol–water partition coefficient (Wildman–Crippen LogP) is 2.70. The second-order valence-electron chi connectivity index (χ2n) is 5.37. The molecule has 1 aliphatic carbocycles. The van der Waals surface area contributed by atoms with Gasteiger partial charge in [-0.05, 0) is 37.5 Å². The summed E-state index contributed by atoms with van der Waals surface area (Å²) in [5.41, 5.74) is 1.29. The monoisotopic (exact) mass is 292 g/mol. The zero-order valence-corrected chi connectivity index (χ0v) is 12.5. The number of Topliss-reactive ketones (excluding diaryl/α,β-unsaturated/α-hetero) is 1. The first-order valence-electron chi connectivity index (χ1n) is 6.99. The number of benzene rings is 1. The molecule has 0 aliphatic heterocycles. The third kappa shape index (κ3) is 2.86. The Morgan fingerprint density at radius 1 is 1.10 bits per heavy atom. The van der Waals surface area contributed by atoms with E-state index in [1.807, 2.05) is 6.92 Å². The number of methoxy groups -OCH3 is 2. The number of rotatable bonds is 5. The number of carbonyl (C=O) groups excluding carboxylic acids is 1. The Kier molecular flexibility index (Phi) is 4.50. The predicted molar refractivity (Wildman–Crippen MR) is 77.1 cm³/mol. The van der Waals surface area contributed by atoms with Crippen LogP contribution in [0.4, 0.5) is 0 Å². The second-order valence-corrected chi connectivity index (χ2v) is 5.37. The van der Waals surface area contributed by atoms with Gasteiger partial charge in [0.15, 0.2) is 17.3 Å². The highest BCUT2D eigenvalue weighted by molar-refractivity contribution is 6.01. The van der Waals surface area contributed by atoms with Crippen molar-refractivity contribution < 1.29 is 24.2 Å². The number of ketones is 1. The van der Waals surface area contributed by atoms with Crippen LogP contribution >= 0.6 is 0 Å². The third-order valence-corrected chi connectivity index (χ3v) is 4.17. The Balaban J connectivity index is 2.37. The lowest BCUT2D eigenvalue weighted by Crippen LogP contribution is -2.26. The summed E-state index contributed by atoms with van der Waals surface area (Å²) in [5, 5.41) is 9.23. The molecule has 1 aliphatic rings. The highest BCUT2D eigenvalue weighted by Gasteiger charge is 2.38. The minimum Gasteiger partial charge on any atom is -0.493 e. The van der Waals surface area contributed by atoms with Crippen LogP contribution in [0.3, 0.4) is 0 Å². The topological polar surface area (TPSA) is 72.8 Å². The molecule has 0 bridgehead atoms. The number of hydrogen-bond acceptors (Lipinski definition) is 4. The molecule has 0 heterocycles. The van der Waals surface area contributed by atoms with Crippen molar-refractivity contribution in [2.75, 3.05) is 14.2 Å². The van der Waals surface area contributed by atoms with Gasteiger partial charge in [-0.25, -0.2) is 0 Å². The highest BCUT2D eigenvalue weighted by atomic mass is 16.5. The van der Waals surface area contributed by atoms with Crippen molar-refractivity contribution in [3.8, 4) is 11.5 Å². The molecule has 0 spiro atoms. The van der Waals surface area contributed by atoms with E-state index in [0.29, 0.717) is 29.9 Å². The van der Waals surface area contributed by atoms with Crippen LogP contribution in [0, 0.1) is 18.8 Å². The summed E-state index contributed by atoms with van der Waals surface area (Å²) in [6.45, 7) is 1.82. The number of carbonyl (C=O) groups is 2. The van der Waals surface area contributed by atoms with Crippen LogP contribution in [-0.2, 0) is 4.79 Å². The lowest BCUT2D eigenvalue weighted by atomic mass is 9.86. The first kappa shape index (κ1) is 15.4. The van der Waals surface area contributed by atoms with Crippen LogP contribution in [0.25, 0.3) is 0 Å². The third-order valence-electron chi connectivity index (χ3n) is 4.17. The molecule has 5 nitrogen and oxygen atoms in total. The van der Waals surface area contributed by atoms with E-state index in [4.69, 9.17) is 9.47 Å². The Labute approximate surface area is 123 Å². The first-order chi connectivity index (χ1) is 9.99. The normalized spacial score (nSPS) is 21.1. The maximum absolute atomic E-state index is 12.7. The molecule has 2 atom stereocenters. The fraction of sp³-hybridized carbons (Fsp3) is 0.500. The van der Waals surface area contributed by atoms with Gasteiger partial charge in [0, 0.05) is 11.5 Å². The minimum absolute atomic E-state index is 0.113. The quantitative estimate of drug-likeness (QED) is 0.845. The van der Waals surface area contributed by atoms with Crippen LogP contribution in [0.2, 0.25) is 0 Å². The maximum Gasteiger partial charge on any atom is 0.307 e. The summed E-state index contributed by atoms with van der Waals surface area (Å²) < 4.78 is 10.4. The number of ether oxygens (including phenoxy) is 2. The highest BCUT2D eigenvalue weighted by Crippen LogP contribution is 2.37. The molecule has 21 heavy (non-hydrogen) atoms. The smallest absolute Gasteiger partial charge is 0.307 e. The van der Waals surface area contributed by atoms with Gasteiger partial charge in [-0.3, -0.25) is 9.59 Å². The molecule has 5 heteroatoms. The zero-order valence-electron chi connectivity index (χ0n) is 12.5. The fourth-order valence-electron chi connectivity index (χ4n) is 3.02. The van der Waals surface area contributed by atoms with E-state index in [-0.39, 0.29) is 5.78 Å². The van der Waals surface area contributed by atoms with Crippen molar-refractivity contribution in [1.29, 1.82) is 0 Å². The van der Waals surface area contributed by atoms with Crippen molar-refractivity contribution in [3.05, 3.63) is 23.3 Å². The van der Waals surface area contributed by atoms with Crippen LogP contribution in [0.5, 0.6) is 11.5 Å². The van der Waals surface area contributed by atoms with Gasteiger partial charge in [-0.1, -0.05) is 6.42 Å². The van der Waals surface area contributed by atoms with Gasteiger partial charge >= 0.3 is 5.97 Å². The molecule has 0 saturated heterocycles. The molecule has 2 unspecified atom stereocenters. The van der Waals surface area contributed by atoms with Crippen LogP contribution in [-0.4, -0.2) is 31.1 Å². The van der Waals surface area contributed by atoms with Crippen LogP contribution < -0.4 is 9.47 Å². The number of carboxylic acids is 1. The number of aryl methyl sites for hydroxylation is 1. The molecule has 0 radical (unpaired) electrons. The second kappa shape index (κ2) is 6.16. The minimum atomic E-state index is -0.885. The zero-order chi connectivity index (χ0) is 15.6. The number of carboxylic acid groups (broad SMARTS) is 1. The van der Waals surface area contributed by atoms with Crippen molar-refractivity contribution in [3.63, 3.8) is 0 Å². The summed E-state index contributed by atoms with van der Waals surface area (Å²) in [4.78, 5) is 24.0. The van der Waals surface area contributed by atoms with Crippen LogP contribution in [0.15, 0.2) is 12.1 Å². The van der Waals surface area contributed by atoms with E-state index in [0.717, 1.165) is 12.0 Å². The van der Waals surface area contributed by atoms with Crippen molar-refractivity contribution in [1.82, 2.24) is 0 Å². The molecule has 0 amide bonds. The van der Waals surface area contributed by atoms with E-state index in [9.17, 15) is 14.7 Å². The van der Waals surface area contributed by atoms with E-state index in [1.54, 1.807) is 12.1 Å². The number of aliphatic carboxylic acids is 1. The van der Waals surface area contributed by atoms with Gasteiger partial charge in [0.05, 0.1) is 20.1 Å². The van der Waals surface area contributed by atoms with Gasteiger partial charge in [-0.15, -0.1) is 0 Å². The Hall–Kier alpha value is -2.04. The van der Waals surface area contributed by atoms with Gasteiger partial charge in [-0.2, -0.15) is 0 Å². The van der Waals surface area contributed by atoms with E-state index in [1.165, 1.54) is 14.2 Å². The molecule has 1 aromatic rings. The Bertz CT molecular complexity index is 564. The standard InChI is InChI=1S/C16H20O5/c1-9-7-13(20-2)14(21-3)8-12(9)15(17)10-5-4-6-11(10)16(18)19/h7-8,10-11H,4-6H2,1-3H3,(H,18,19). The average molecular weight is 292 g/mol. The lowest BCUT2D eigenvalue weighted by molar-refractivity contribution is -0.142. The van der Waals surface area contributed by atoms with Crippen molar-refractivity contribution in [2.45, 2.75) is 26.2 Å². The molecule has 114 valence electrons. The summed E-state index contributed by atoms with van der Waals surface area (Å²) >= 11 is 0. The molecule has 1 aromatic carbocycles. The first-order valence-corrected chi connectivity index (χ1v) is 6.99. The summed E-state index contributed by atoms with van der Waals surface area (Å²) in [6.07, 6.45) is 1.97. The average Bonchev–Trinajstić information content (AvgIpc) is 2.95.